The van der Waals surface area contributed by atoms with Gasteiger partial charge in [-0.1, -0.05) is 0 Å². The maximum Gasteiger partial charge on any atom is 0.311 e. The fraction of sp³-hybridized carbons (Fsp3) is 0.500. The summed E-state index contributed by atoms with van der Waals surface area (Å²) in [6.45, 7) is 3.87. The van der Waals surface area contributed by atoms with Gasteiger partial charge in [0.2, 0.25) is 5.82 Å². The Morgan fingerprint density at radius 2 is 2.20 bits per heavy atom. The first kappa shape index (κ1) is 9.89. The Bertz CT molecular complexity index is 413. The first-order valence-electron chi connectivity index (χ1n) is 4.90. The van der Waals surface area contributed by atoms with Crippen molar-refractivity contribution in [3.63, 3.8) is 0 Å². The van der Waals surface area contributed by atoms with E-state index in [4.69, 9.17) is 0 Å². The van der Waals surface area contributed by atoms with E-state index in [0.717, 1.165) is 18.5 Å². The lowest BCUT2D eigenvalue weighted by molar-refractivity contribution is -0.384. The van der Waals surface area contributed by atoms with Crippen LogP contribution in [-0.4, -0.2) is 15.4 Å². The first-order valence-corrected chi connectivity index (χ1v) is 4.90. The molecule has 0 atom stereocenters. The second kappa shape index (κ2) is 3.18. The van der Waals surface area contributed by atoms with Crippen LogP contribution in [0.5, 0.6) is 0 Å². The average molecular weight is 207 g/mol. The summed E-state index contributed by atoms with van der Waals surface area (Å²) in [6, 6.07) is 3.15. The molecule has 80 valence electrons. The van der Waals surface area contributed by atoms with Gasteiger partial charge in [-0.2, -0.15) is 0 Å². The van der Waals surface area contributed by atoms with E-state index in [-0.39, 0.29) is 11.2 Å². The van der Waals surface area contributed by atoms with Crippen LogP contribution < -0.4 is 5.32 Å². The largest absolute Gasteiger partial charge is 0.359 e. The van der Waals surface area contributed by atoms with Crippen LogP contribution in [0.25, 0.3) is 0 Å². The maximum atomic E-state index is 10.8. The molecule has 0 amide bonds. The van der Waals surface area contributed by atoms with Crippen LogP contribution in [0.15, 0.2) is 12.1 Å². The van der Waals surface area contributed by atoms with Crippen LogP contribution >= 0.6 is 0 Å². The molecule has 1 aromatic rings. The highest BCUT2D eigenvalue weighted by molar-refractivity contribution is 5.58. The Balaban J connectivity index is 2.34. The molecule has 0 bridgehead atoms. The molecule has 1 aliphatic carbocycles. The zero-order chi connectivity index (χ0) is 11.1. The number of nitrogens with one attached hydrogen (secondary N) is 1. The van der Waals surface area contributed by atoms with E-state index in [9.17, 15) is 10.1 Å². The van der Waals surface area contributed by atoms with Gasteiger partial charge >= 0.3 is 5.69 Å². The van der Waals surface area contributed by atoms with E-state index < -0.39 is 4.92 Å². The third-order valence-corrected chi connectivity index (χ3v) is 2.63. The van der Waals surface area contributed by atoms with Gasteiger partial charge in [0.15, 0.2) is 0 Å². The molecular weight excluding hydrogens is 194 g/mol. The van der Waals surface area contributed by atoms with E-state index in [1.54, 1.807) is 6.07 Å². The molecule has 0 radical (unpaired) electrons. The number of aromatic nitrogens is 1. The number of anilines is 1. The van der Waals surface area contributed by atoms with Gasteiger partial charge in [0.1, 0.15) is 0 Å². The first-order chi connectivity index (χ1) is 7.00. The average Bonchev–Trinajstić information content (AvgIpc) is 2.82. The summed E-state index contributed by atoms with van der Waals surface area (Å²) >= 11 is 0. The molecule has 2 rings (SSSR count). The molecule has 0 aromatic carbocycles. The third-order valence-electron chi connectivity index (χ3n) is 2.63. The smallest absolute Gasteiger partial charge is 0.311 e. The van der Waals surface area contributed by atoms with Crippen molar-refractivity contribution in [3.8, 4) is 0 Å². The fourth-order valence-electron chi connectivity index (χ4n) is 1.39. The Labute approximate surface area is 87.7 Å². The molecule has 0 unspecified atom stereocenters. The van der Waals surface area contributed by atoms with E-state index in [1.807, 2.05) is 13.8 Å². The SMILES string of the molecule is Cc1ccc([N+](=O)[O-])c(NC2(C)CC2)n1. The van der Waals surface area contributed by atoms with Gasteiger partial charge in [-0.05, 0) is 32.8 Å². The van der Waals surface area contributed by atoms with Crippen molar-refractivity contribution >= 4 is 11.5 Å². The van der Waals surface area contributed by atoms with E-state index >= 15 is 0 Å². The van der Waals surface area contributed by atoms with Gasteiger partial charge in [-0.15, -0.1) is 0 Å². The topological polar surface area (TPSA) is 68.1 Å². The van der Waals surface area contributed by atoms with E-state index in [0.29, 0.717) is 5.82 Å². The zero-order valence-electron chi connectivity index (χ0n) is 8.78. The zero-order valence-corrected chi connectivity index (χ0v) is 8.78. The van der Waals surface area contributed by atoms with Crippen molar-refractivity contribution in [2.24, 2.45) is 0 Å². The van der Waals surface area contributed by atoms with Crippen molar-refractivity contribution in [2.75, 3.05) is 5.32 Å². The molecule has 1 aromatic heterocycles. The summed E-state index contributed by atoms with van der Waals surface area (Å²) in [5.74, 6) is 0.389. The molecule has 1 fully saturated rings. The van der Waals surface area contributed by atoms with Crippen molar-refractivity contribution in [1.29, 1.82) is 0 Å². The molecule has 5 nitrogen and oxygen atoms in total. The second-order valence-corrected chi connectivity index (χ2v) is 4.26. The van der Waals surface area contributed by atoms with Crippen molar-refractivity contribution in [3.05, 3.63) is 27.9 Å². The molecule has 15 heavy (non-hydrogen) atoms. The third kappa shape index (κ3) is 2.06. The number of hydrogen-bond donors (Lipinski definition) is 1. The minimum Gasteiger partial charge on any atom is -0.359 e. The summed E-state index contributed by atoms with van der Waals surface area (Å²) in [7, 11) is 0. The predicted octanol–water partition coefficient (Wildman–Crippen LogP) is 2.26. The second-order valence-electron chi connectivity index (χ2n) is 4.26. The highest BCUT2D eigenvalue weighted by Crippen LogP contribution is 2.39. The van der Waals surface area contributed by atoms with Gasteiger partial charge in [0.25, 0.3) is 0 Å². The summed E-state index contributed by atoms with van der Waals surface area (Å²) in [5, 5.41) is 13.9. The number of nitrogens with zero attached hydrogens (tertiary/aromatic N) is 2. The Morgan fingerprint density at radius 3 is 2.73 bits per heavy atom. The Hall–Kier alpha value is -1.65. The van der Waals surface area contributed by atoms with Crippen molar-refractivity contribution in [2.45, 2.75) is 32.2 Å². The van der Waals surface area contributed by atoms with E-state index in [1.165, 1.54) is 6.07 Å². The minimum atomic E-state index is -0.402. The highest BCUT2D eigenvalue weighted by Gasteiger charge is 2.39. The number of nitro groups is 1. The van der Waals surface area contributed by atoms with Crippen LogP contribution in [-0.2, 0) is 0 Å². The van der Waals surface area contributed by atoms with Crippen LogP contribution in [0, 0.1) is 17.0 Å². The molecule has 0 saturated heterocycles. The van der Waals surface area contributed by atoms with Crippen molar-refractivity contribution in [1.82, 2.24) is 4.98 Å². The Morgan fingerprint density at radius 1 is 1.53 bits per heavy atom. The summed E-state index contributed by atoms with van der Waals surface area (Å²) in [5.41, 5.74) is 0.840. The number of rotatable bonds is 3. The standard InChI is InChI=1S/C10H13N3O2/c1-7-3-4-8(13(14)15)9(11-7)12-10(2)5-6-10/h3-4H,5-6H2,1-2H3,(H,11,12). The number of hydrogen-bond acceptors (Lipinski definition) is 4. The van der Waals surface area contributed by atoms with Crippen LogP contribution in [0.1, 0.15) is 25.5 Å². The van der Waals surface area contributed by atoms with Crippen LogP contribution in [0.4, 0.5) is 11.5 Å². The lowest BCUT2D eigenvalue weighted by atomic mass is 10.3. The minimum absolute atomic E-state index is 0.00551. The van der Waals surface area contributed by atoms with Gasteiger partial charge in [0, 0.05) is 17.3 Å². The van der Waals surface area contributed by atoms with Gasteiger partial charge in [0.05, 0.1) is 4.92 Å². The quantitative estimate of drug-likeness (QED) is 0.609. The molecule has 0 aliphatic heterocycles. The van der Waals surface area contributed by atoms with Gasteiger partial charge < -0.3 is 5.32 Å². The number of aryl methyl sites for hydroxylation is 1. The van der Waals surface area contributed by atoms with E-state index in [2.05, 4.69) is 10.3 Å². The molecular formula is C10H13N3O2. The molecule has 1 heterocycles. The number of pyridine rings is 1. The predicted molar refractivity (Wildman–Crippen MR) is 56.9 cm³/mol. The maximum absolute atomic E-state index is 10.8. The van der Waals surface area contributed by atoms with Gasteiger partial charge in [-0.3, -0.25) is 10.1 Å². The lowest BCUT2D eigenvalue weighted by Gasteiger charge is -2.12. The highest BCUT2D eigenvalue weighted by atomic mass is 16.6. The summed E-state index contributed by atoms with van der Waals surface area (Å²) in [6.07, 6.45) is 2.08. The molecule has 1 saturated carbocycles. The normalized spacial score (nSPS) is 17.2. The van der Waals surface area contributed by atoms with Crippen LogP contribution in [0.3, 0.4) is 0 Å². The Kier molecular flexibility index (Phi) is 2.10. The molecule has 1 aliphatic rings. The summed E-state index contributed by atoms with van der Waals surface area (Å²) in [4.78, 5) is 14.5. The molecule has 5 heteroatoms. The summed E-state index contributed by atoms with van der Waals surface area (Å²) < 4.78 is 0. The molecule has 1 N–H and O–H groups in total. The molecule has 0 spiro atoms. The monoisotopic (exact) mass is 207 g/mol. The van der Waals surface area contributed by atoms with Crippen LogP contribution in [0.2, 0.25) is 0 Å². The fourth-order valence-corrected chi connectivity index (χ4v) is 1.39. The van der Waals surface area contributed by atoms with Crippen molar-refractivity contribution < 1.29 is 4.92 Å². The lowest BCUT2D eigenvalue weighted by Crippen LogP contribution is -2.18. The van der Waals surface area contributed by atoms with Gasteiger partial charge in [-0.25, -0.2) is 4.98 Å².